The van der Waals surface area contributed by atoms with Gasteiger partial charge in [-0.2, -0.15) is 5.10 Å². The Labute approximate surface area is 152 Å². The van der Waals surface area contributed by atoms with Crippen molar-refractivity contribution in [3.8, 4) is 5.69 Å². The van der Waals surface area contributed by atoms with Crippen LogP contribution in [0.1, 0.15) is 34.1 Å². The monoisotopic (exact) mass is 351 g/mol. The predicted octanol–water partition coefficient (Wildman–Crippen LogP) is 3.85. The number of rotatable bonds is 6. The third-order valence-corrected chi connectivity index (χ3v) is 4.36. The summed E-state index contributed by atoms with van der Waals surface area (Å²) < 4.78 is 15.4. The first-order valence-corrected chi connectivity index (χ1v) is 8.75. The summed E-state index contributed by atoms with van der Waals surface area (Å²) in [5.74, 6) is -0.431. The van der Waals surface area contributed by atoms with Gasteiger partial charge in [0.1, 0.15) is 5.82 Å². The number of aromatic nitrogens is 2. The molecular weight excluding hydrogens is 329 g/mol. The van der Waals surface area contributed by atoms with Gasteiger partial charge < -0.3 is 5.32 Å². The van der Waals surface area contributed by atoms with Crippen LogP contribution in [0.4, 0.5) is 4.39 Å². The molecule has 134 valence electrons. The first-order chi connectivity index (χ1) is 12.6. The van der Waals surface area contributed by atoms with Crippen LogP contribution in [-0.4, -0.2) is 22.2 Å². The van der Waals surface area contributed by atoms with E-state index < -0.39 is 0 Å². The quantitative estimate of drug-likeness (QED) is 0.733. The smallest absolute Gasteiger partial charge is 0.254 e. The van der Waals surface area contributed by atoms with Gasteiger partial charge in [0.15, 0.2) is 0 Å². The normalized spacial score (nSPS) is 10.7. The Bertz CT molecular complexity index is 900. The van der Waals surface area contributed by atoms with Gasteiger partial charge in [0.2, 0.25) is 0 Å². The molecule has 3 rings (SSSR count). The second-order valence-corrected chi connectivity index (χ2v) is 6.20. The Hall–Kier alpha value is -2.95. The lowest BCUT2D eigenvalue weighted by atomic mass is 10.1. The standard InChI is InChI=1S/C21H22FN3O/c1-3-20-18(14-24-25(20)17-10-8-15(2)9-11-17)21(26)23-13-12-16-6-4-5-7-19(16)22/h4-11,14H,3,12-13H2,1-2H3,(H,23,26). The second-order valence-electron chi connectivity index (χ2n) is 6.20. The molecule has 0 aliphatic heterocycles. The van der Waals surface area contributed by atoms with E-state index in [0.717, 1.165) is 11.4 Å². The van der Waals surface area contributed by atoms with Crippen molar-refractivity contribution >= 4 is 5.91 Å². The summed E-state index contributed by atoms with van der Waals surface area (Å²) in [6.07, 6.45) is 2.73. The molecule has 2 aromatic carbocycles. The Morgan fingerprint density at radius 1 is 1.15 bits per heavy atom. The van der Waals surface area contributed by atoms with E-state index in [1.165, 1.54) is 11.6 Å². The minimum absolute atomic E-state index is 0.184. The molecule has 0 radical (unpaired) electrons. The van der Waals surface area contributed by atoms with Crippen molar-refractivity contribution in [2.75, 3.05) is 6.54 Å². The SMILES string of the molecule is CCc1c(C(=O)NCCc2ccccc2F)cnn1-c1ccc(C)cc1. The van der Waals surface area contributed by atoms with Crippen LogP contribution < -0.4 is 5.32 Å². The molecule has 0 unspecified atom stereocenters. The molecule has 0 aliphatic carbocycles. The van der Waals surface area contributed by atoms with E-state index in [-0.39, 0.29) is 11.7 Å². The third kappa shape index (κ3) is 3.82. The van der Waals surface area contributed by atoms with Crippen molar-refractivity contribution < 1.29 is 9.18 Å². The minimum atomic E-state index is -0.247. The van der Waals surface area contributed by atoms with E-state index in [1.54, 1.807) is 29.1 Å². The number of carbonyl (C=O) groups is 1. The first-order valence-electron chi connectivity index (χ1n) is 8.75. The Morgan fingerprint density at radius 2 is 1.88 bits per heavy atom. The molecule has 0 aliphatic rings. The van der Waals surface area contributed by atoms with Crippen LogP contribution >= 0.6 is 0 Å². The molecule has 0 saturated carbocycles. The van der Waals surface area contributed by atoms with E-state index in [9.17, 15) is 9.18 Å². The maximum Gasteiger partial charge on any atom is 0.254 e. The molecular formula is C21H22FN3O. The molecule has 0 atom stereocenters. The highest BCUT2D eigenvalue weighted by Gasteiger charge is 2.17. The number of aryl methyl sites for hydroxylation is 1. The zero-order chi connectivity index (χ0) is 18.5. The van der Waals surface area contributed by atoms with Gasteiger partial charge >= 0.3 is 0 Å². The fourth-order valence-electron chi connectivity index (χ4n) is 2.92. The van der Waals surface area contributed by atoms with E-state index in [2.05, 4.69) is 10.4 Å². The predicted molar refractivity (Wildman–Crippen MR) is 100 cm³/mol. The van der Waals surface area contributed by atoms with Crippen LogP contribution in [0.3, 0.4) is 0 Å². The van der Waals surface area contributed by atoms with Crippen molar-refractivity contribution in [3.63, 3.8) is 0 Å². The largest absolute Gasteiger partial charge is 0.352 e. The Balaban J connectivity index is 1.71. The highest BCUT2D eigenvalue weighted by Crippen LogP contribution is 2.16. The van der Waals surface area contributed by atoms with Crippen LogP contribution in [0.25, 0.3) is 5.69 Å². The third-order valence-electron chi connectivity index (χ3n) is 4.36. The number of nitrogens with zero attached hydrogens (tertiary/aromatic N) is 2. The van der Waals surface area contributed by atoms with Crippen molar-refractivity contribution in [1.29, 1.82) is 0 Å². The number of nitrogens with one attached hydrogen (secondary N) is 1. The van der Waals surface area contributed by atoms with Crippen molar-refractivity contribution in [2.45, 2.75) is 26.7 Å². The second kappa shape index (κ2) is 7.95. The highest BCUT2D eigenvalue weighted by molar-refractivity contribution is 5.95. The molecule has 1 aromatic heterocycles. The molecule has 1 heterocycles. The summed E-state index contributed by atoms with van der Waals surface area (Å²) in [5, 5.41) is 7.25. The molecule has 26 heavy (non-hydrogen) atoms. The van der Waals surface area contributed by atoms with Crippen LogP contribution in [0.15, 0.2) is 54.7 Å². The van der Waals surface area contributed by atoms with E-state index in [1.807, 2.05) is 38.1 Å². The lowest BCUT2D eigenvalue weighted by Crippen LogP contribution is -2.26. The van der Waals surface area contributed by atoms with E-state index in [0.29, 0.717) is 30.5 Å². The summed E-state index contributed by atoms with van der Waals surface area (Å²) in [5.41, 5.74) is 4.11. The summed E-state index contributed by atoms with van der Waals surface area (Å²) in [6.45, 7) is 4.40. The average Bonchev–Trinajstić information content (AvgIpc) is 3.08. The Morgan fingerprint density at radius 3 is 2.58 bits per heavy atom. The number of hydrogen-bond acceptors (Lipinski definition) is 2. The molecule has 0 saturated heterocycles. The maximum absolute atomic E-state index is 13.6. The molecule has 0 spiro atoms. The van der Waals surface area contributed by atoms with Gasteiger partial charge in [-0.05, 0) is 43.5 Å². The van der Waals surface area contributed by atoms with Gasteiger partial charge in [0.05, 0.1) is 23.1 Å². The fourth-order valence-corrected chi connectivity index (χ4v) is 2.92. The highest BCUT2D eigenvalue weighted by atomic mass is 19.1. The number of carbonyl (C=O) groups excluding carboxylic acids is 1. The van der Waals surface area contributed by atoms with Gasteiger partial charge in [-0.25, -0.2) is 9.07 Å². The Kier molecular flexibility index (Phi) is 5.46. The van der Waals surface area contributed by atoms with Crippen molar-refractivity contribution in [1.82, 2.24) is 15.1 Å². The molecule has 1 amide bonds. The summed E-state index contributed by atoms with van der Waals surface area (Å²) in [7, 11) is 0. The summed E-state index contributed by atoms with van der Waals surface area (Å²) in [6, 6.07) is 14.6. The molecule has 3 aromatic rings. The zero-order valence-electron chi connectivity index (χ0n) is 15.0. The average molecular weight is 351 g/mol. The molecule has 5 heteroatoms. The van der Waals surface area contributed by atoms with E-state index >= 15 is 0 Å². The first kappa shape index (κ1) is 17.9. The molecule has 0 fully saturated rings. The zero-order valence-corrected chi connectivity index (χ0v) is 15.0. The fraction of sp³-hybridized carbons (Fsp3) is 0.238. The van der Waals surface area contributed by atoms with Crippen LogP contribution in [0, 0.1) is 12.7 Å². The van der Waals surface area contributed by atoms with Crippen molar-refractivity contribution in [2.24, 2.45) is 0 Å². The van der Waals surface area contributed by atoms with Crippen LogP contribution in [0.5, 0.6) is 0 Å². The minimum Gasteiger partial charge on any atom is -0.352 e. The lowest BCUT2D eigenvalue weighted by molar-refractivity contribution is 0.0953. The molecule has 4 nitrogen and oxygen atoms in total. The van der Waals surface area contributed by atoms with Gasteiger partial charge in [0, 0.05) is 6.54 Å². The van der Waals surface area contributed by atoms with Gasteiger partial charge in [0.25, 0.3) is 5.91 Å². The number of hydrogen-bond donors (Lipinski definition) is 1. The summed E-state index contributed by atoms with van der Waals surface area (Å²) in [4.78, 5) is 12.5. The molecule has 0 bridgehead atoms. The lowest BCUT2D eigenvalue weighted by Gasteiger charge is -2.09. The van der Waals surface area contributed by atoms with Gasteiger partial charge in [-0.1, -0.05) is 42.8 Å². The number of amides is 1. The van der Waals surface area contributed by atoms with Crippen LogP contribution in [0.2, 0.25) is 0 Å². The van der Waals surface area contributed by atoms with Crippen molar-refractivity contribution in [3.05, 3.63) is 82.9 Å². The van der Waals surface area contributed by atoms with E-state index in [4.69, 9.17) is 0 Å². The topological polar surface area (TPSA) is 46.9 Å². The van der Waals surface area contributed by atoms with Crippen LogP contribution in [-0.2, 0) is 12.8 Å². The summed E-state index contributed by atoms with van der Waals surface area (Å²) >= 11 is 0. The maximum atomic E-state index is 13.6. The number of halogens is 1. The number of benzene rings is 2. The van der Waals surface area contributed by atoms with Gasteiger partial charge in [-0.3, -0.25) is 4.79 Å². The van der Waals surface area contributed by atoms with Gasteiger partial charge in [-0.15, -0.1) is 0 Å². The molecule has 1 N–H and O–H groups in total.